The molecule has 16 nitrogen and oxygen atoms in total. The number of hydrogen-bond donors (Lipinski definition) is 2. The number of piperidine rings is 2. The van der Waals surface area contributed by atoms with E-state index in [-0.39, 0.29) is 59.8 Å². The van der Waals surface area contributed by atoms with Crippen molar-refractivity contribution in [3.05, 3.63) is 127 Å². The summed E-state index contributed by atoms with van der Waals surface area (Å²) in [6, 6.07) is 11.9. The molecule has 0 bridgehead atoms. The SMILES string of the molecule is Cc1cc(C(=O)N2CCC(CN3CCN(Cc4cc5c(cc4F)n([C@H]4CCC(=O)NC4=O)c(=O)n5C4CC4)C[C@@H]3C)CC2)cc(F)c1C1=CCN([C@@H](C)c2cc3c(-n4ccc5c(c4=O)CCN5)ccnc3n2C)CC1. The maximum absolute atomic E-state index is 16.2. The number of imidazole rings is 1. The van der Waals surface area contributed by atoms with E-state index in [9.17, 15) is 24.0 Å². The van der Waals surface area contributed by atoms with Gasteiger partial charge >= 0.3 is 5.69 Å². The third-order valence-corrected chi connectivity index (χ3v) is 17.3. The summed E-state index contributed by atoms with van der Waals surface area (Å²) in [6.07, 6.45) is 10.8. The van der Waals surface area contributed by atoms with Crippen LogP contribution in [0.4, 0.5) is 14.5 Å². The molecule has 0 radical (unpaired) electrons. The summed E-state index contributed by atoms with van der Waals surface area (Å²) in [5.74, 6) is -1.42. The molecule has 2 aromatic carbocycles. The van der Waals surface area contributed by atoms with Crippen LogP contribution in [0.3, 0.4) is 0 Å². The minimum atomic E-state index is -0.861. The van der Waals surface area contributed by atoms with Gasteiger partial charge in [0.25, 0.3) is 11.5 Å². The molecule has 6 aliphatic rings. The highest BCUT2D eigenvalue weighted by Crippen LogP contribution is 2.39. The molecule has 3 amide bonds. The van der Waals surface area contributed by atoms with Crippen LogP contribution in [-0.4, -0.2) is 126 Å². The first kappa shape index (κ1) is 49.1. The van der Waals surface area contributed by atoms with Crippen LogP contribution in [-0.2, 0) is 29.6 Å². The summed E-state index contributed by atoms with van der Waals surface area (Å²) in [5, 5.41) is 6.55. The van der Waals surface area contributed by atoms with E-state index in [4.69, 9.17) is 4.98 Å². The van der Waals surface area contributed by atoms with Gasteiger partial charge in [0, 0.05) is 155 Å². The van der Waals surface area contributed by atoms with E-state index >= 15 is 8.78 Å². The quantitative estimate of drug-likeness (QED) is 0.136. The topological polar surface area (TPSA) is 155 Å². The lowest BCUT2D eigenvalue weighted by Crippen LogP contribution is -2.53. The summed E-state index contributed by atoms with van der Waals surface area (Å²) in [6.45, 7) is 13.2. The van der Waals surface area contributed by atoms with Crippen molar-refractivity contribution in [1.82, 2.24) is 48.2 Å². The van der Waals surface area contributed by atoms with E-state index in [1.165, 1.54) is 16.7 Å². The predicted octanol–water partition coefficient (Wildman–Crippen LogP) is 6.62. The van der Waals surface area contributed by atoms with E-state index in [1.54, 1.807) is 21.4 Å². The second kappa shape index (κ2) is 19.4. The molecule has 6 aromatic rings. The fraction of sp³-hybridized carbons (Fsp3) is 0.474. The molecule has 0 unspecified atom stereocenters. The van der Waals surface area contributed by atoms with Gasteiger partial charge in [-0.25, -0.2) is 18.6 Å². The Morgan fingerprint density at radius 2 is 1.68 bits per heavy atom. The number of carbonyl (C=O) groups is 3. The number of imide groups is 1. The Kier molecular flexibility index (Phi) is 12.7. The number of halogens is 2. The molecule has 1 saturated carbocycles. The number of fused-ring (bicyclic) bond motifs is 3. The number of amides is 3. The monoisotopic (exact) mass is 1020 g/mol. The van der Waals surface area contributed by atoms with E-state index in [2.05, 4.69) is 55.9 Å². The Morgan fingerprint density at radius 3 is 2.41 bits per heavy atom. The number of benzene rings is 2. The van der Waals surface area contributed by atoms with Gasteiger partial charge in [-0.2, -0.15) is 0 Å². The Morgan fingerprint density at radius 1 is 0.880 bits per heavy atom. The van der Waals surface area contributed by atoms with Crippen molar-refractivity contribution >= 4 is 51.0 Å². The summed E-state index contributed by atoms with van der Waals surface area (Å²) in [7, 11) is 2.02. The third-order valence-electron chi connectivity index (χ3n) is 17.3. The molecule has 0 spiro atoms. The van der Waals surface area contributed by atoms with E-state index < -0.39 is 17.8 Å². The molecule has 4 fully saturated rings. The predicted molar refractivity (Wildman–Crippen MR) is 283 cm³/mol. The van der Waals surface area contributed by atoms with Crippen LogP contribution in [0.5, 0.6) is 0 Å². The number of aryl methyl sites for hydroxylation is 2. The van der Waals surface area contributed by atoms with Gasteiger partial charge in [-0.05, 0) is 119 Å². The van der Waals surface area contributed by atoms with Gasteiger partial charge in [-0.1, -0.05) is 6.08 Å². The number of rotatable bonds is 11. The normalized spacial score (nSPS) is 21.7. The van der Waals surface area contributed by atoms with Gasteiger partial charge in [-0.3, -0.25) is 52.9 Å². The van der Waals surface area contributed by atoms with Crippen LogP contribution in [0.1, 0.15) is 115 Å². The van der Waals surface area contributed by atoms with Crippen LogP contribution in [0.2, 0.25) is 0 Å². The largest absolute Gasteiger partial charge is 0.384 e. The molecule has 392 valence electrons. The molecule has 3 saturated heterocycles. The van der Waals surface area contributed by atoms with Gasteiger partial charge in [0.2, 0.25) is 11.8 Å². The molecule has 3 atom stereocenters. The summed E-state index contributed by atoms with van der Waals surface area (Å²) >= 11 is 0. The number of carbonyl (C=O) groups excluding carboxylic acids is 3. The maximum atomic E-state index is 16.2. The number of likely N-dealkylation sites (tertiary alicyclic amines) is 1. The smallest absolute Gasteiger partial charge is 0.330 e. The highest BCUT2D eigenvalue weighted by atomic mass is 19.1. The fourth-order valence-corrected chi connectivity index (χ4v) is 13.0. The first-order chi connectivity index (χ1) is 36.2. The number of piperazine rings is 1. The lowest BCUT2D eigenvalue weighted by Gasteiger charge is -2.42. The molecule has 4 aromatic heterocycles. The van der Waals surface area contributed by atoms with Crippen molar-refractivity contribution in [2.24, 2.45) is 13.0 Å². The number of nitrogens with one attached hydrogen (secondary N) is 2. The zero-order valence-electron chi connectivity index (χ0n) is 43.2. The molecule has 18 heteroatoms. The van der Waals surface area contributed by atoms with Gasteiger partial charge in [0.05, 0.1) is 16.7 Å². The van der Waals surface area contributed by atoms with Crippen LogP contribution >= 0.6 is 0 Å². The Labute approximate surface area is 433 Å². The Hall–Kier alpha value is -6.76. The molecule has 2 N–H and O–H groups in total. The van der Waals surface area contributed by atoms with Crippen molar-refractivity contribution in [2.45, 2.75) is 103 Å². The molecular formula is C57H65F2N11O5. The van der Waals surface area contributed by atoms with Gasteiger partial charge in [0.15, 0.2) is 0 Å². The molecule has 1 aliphatic carbocycles. The van der Waals surface area contributed by atoms with E-state index in [1.807, 2.05) is 43.3 Å². The molecular weight excluding hydrogens is 957 g/mol. The summed E-state index contributed by atoms with van der Waals surface area (Å²) in [5.41, 5.74) is 8.25. The van der Waals surface area contributed by atoms with E-state index in [0.717, 1.165) is 110 Å². The lowest BCUT2D eigenvalue weighted by atomic mass is 9.92. The average Bonchev–Trinajstić information content (AvgIpc) is 3.91. The number of nitrogens with zero attached hydrogens (tertiary/aromatic N) is 9. The standard InChI is InChI=1S/C57H65F2N11O5/c1-33-25-38(26-44(59)52(33)37-13-20-65(21-14-37)35(3)48-28-42-46(10-17-61-53(42)63(48)4)68-22-15-45-41(56(68)74)9-16-60-45)55(73)66-18-11-36(12-19-66)31-67-24-23-64(30-34(67)2)32-39-27-49-50(29-43(39)58)70(57(75)69(49)40-5-6-40)47-7-8-51(71)62-54(47)72/h10,13,15,17,22,25-29,34-36,40,47,60H,5-9,11-12,14,16,18-21,23-24,30-32H2,1-4H3,(H,62,71,72)/t34-,35-,47-/m0/s1. The number of pyridine rings is 2. The first-order valence-electron chi connectivity index (χ1n) is 26.9. The van der Waals surface area contributed by atoms with Crippen molar-refractivity contribution in [3.8, 4) is 5.69 Å². The Bertz CT molecular complexity index is 3450. The van der Waals surface area contributed by atoms with Crippen molar-refractivity contribution < 1.29 is 23.2 Å². The molecule has 12 rings (SSSR count). The van der Waals surface area contributed by atoms with Gasteiger partial charge in [-0.15, -0.1) is 0 Å². The number of hydrogen-bond acceptors (Lipinski definition) is 10. The van der Waals surface area contributed by atoms with Crippen LogP contribution < -0.4 is 21.9 Å². The Balaban J connectivity index is 0.647. The van der Waals surface area contributed by atoms with Gasteiger partial charge in [0.1, 0.15) is 23.3 Å². The van der Waals surface area contributed by atoms with Crippen LogP contribution in [0.25, 0.3) is 33.3 Å². The highest BCUT2D eigenvalue weighted by Gasteiger charge is 2.37. The third kappa shape index (κ3) is 8.91. The zero-order chi connectivity index (χ0) is 52.0. The second-order valence-corrected chi connectivity index (χ2v) is 22.0. The highest BCUT2D eigenvalue weighted by molar-refractivity contribution is 6.00. The average molecular weight is 1020 g/mol. The van der Waals surface area contributed by atoms with Crippen molar-refractivity contribution in [1.29, 1.82) is 0 Å². The fourth-order valence-electron chi connectivity index (χ4n) is 13.0. The number of aromatic nitrogens is 5. The lowest BCUT2D eigenvalue weighted by molar-refractivity contribution is -0.135. The summed E-state index contributed by atoms with van der Waals surface area (Å²) < 4.78 is 39.1. The van der Waals surface area contributed by atoms with Crippen LogP contribution in [0, 0.1) is 24.5 Å². The summed E-state index contributed by atoms with van der Waals surface area (Å²) in [4.78, 5) is 79.6. The van der Waals surface area contributed by atoms with Crippen LogP contribution in [0.15, 0.2) is 70.5 Å². The maximum Gasteiger partial charge on any atom is 0.330 e. The minimum absolute atomic E-state index is 0.00911. The molecule has 5 aliphatic heterocycles. The minimum Gasteiger partial charge on any atom is -0.384 e. The van der Waals surface area contributed by atoms with Crippen molar-refractivity contribution in [2.75, 3.05) is 64.2 Å². The van der Waals surface area contributed by atoms with E-state index in [0.29, 0.717) is 72.7 Å². The van der Waals surface area contributed by atoms with Crippen molar-refractivity contribution in [3.63, 3.8) is 0 Å². The zero-order valence-corrected chi connectivity index (χ0v) is 43.2. The number of anilines is 1. The molecule has 9 heterocycles. The second-order valence-electron chi connectivity index (χ2n) is 22.0. The molecule has 75 heavy (non-hydrogen) atoms. The van der Waals surface area contributed by atoms with Gasteiger partial charge < -0.3 is 14.8 Å². The first-order valence-corrected chi connectivity index (χ1v) is 26.9.